The predicted molar refractivity (Wildman–Crippen MR) is 75.0 cm³/mol. The van der Waals surface area contributed by atoms with Gasteiger partial charge in [0.05, 0.1) is 24.5 Å². The number of aromatic nitrogens is 2. The van der Waals surface area contributed by atoms with E-state index in [0.717, 1.165) is 13.1 Å². The molecule has 0 unspecified atom stereocenters. The van der Waals surface area contributed by atoms with Gasteiger partial charge in [0.1, 0.15) is 4.90 Å². The summed E-state index contributed by atoms with van der Waals surface area (Å²) in [5, 5.41) is 13.2. The summed E-state index contributed by atoms with van der Waals surface area (Å²) in [5.74, 6) is 0. The van der Waals surface area contributed by atoms with E-state index in [-0.39, 0.29) is 11.5 Å². The fraction of sp³-hybridized carbons (Fsp3) is 0.750. The summed E-state index contributed by atoms with van der Waals surface area (Å²) < 4.78 is 28.6. The topological polar surface area (TPSA) is 78.7 Å². The average molecular weight is 302 g/mol. The van der Waals surface area contributed by atoms with Crippen molar-refractivity contribution >= 4 is 10.0 Å². The molecule has 0 aliphatic carbocycles. The highest BCUT2D eigenvalue weighted by atomic mass is 32.2. The Morgan fingerprint density at radius 2 is 1.80 bits per heavy atom. The van der Waals surface area contributed by atoms with Crippen LogP contribution in [0.4, 0.5) is 0 Å². The molecule has 7 nitrogen and oxygen atoms in total. The standard InChI is InChI=1S/C12H22N4O3S/c1-10-12(11(2)16(13-10)8-9-17)20(18,19)15-6-4-14(3)5-7-15/h17H,4-9H2,1-3H3. The molecule has 8 heteroatoms. The van der Waals surface area contributed by atoms with E-state index in [1.807, 2.05) is 7.05 Å². The third-order valence-electron chi connectivity index (χ3n) is 3.69. The van der Waals surface area contributed by atoms with Gasteiger partial charge in [0.15, 0.2) is 0 Å². The fourth-order valence-electron chi connectivity index (χ4n) is 2.52. The van der Waals surface area contributed by atoms with Crippen molar-refractivity contribution in [3.63, 3.8) is 0 Å². The number of nitrogens with zero attached hydrogens (tertiary/aromatic N) is 4. The van der Waals surface area contributed by atoms with E-state index in [0.29, 0.717) is 31.0 Å². The molecule has 0 aromatic carbocycles. The lowest BCUT2D eigenvalue weighted by atomic mass is 10.4. The Morgan fingerprint density at radius 3 is 2.35 bits per heavy atom. The first kappa shape index (κ1) is 15.4. The van der Waals surface area contributed by atoms with Crippen LogP contribution in [0.15, 0.2) is 4.90 Å². The van der Waals surface area contributed by atoms with E-state index < -0.39 is 10.0 Å². The van der Waals surface area contributed by atoms with Crippen molar-refractivity contribution in [2.75, 3.05) is 39.8 Å². The average Bonchev–Trinajstić information content (AvgIpc) is 2.66. The molecule has 2 heterocycles. The molecule has 20 heavy (non-hydrogen) atoms. The molecule has 0 radical (unpaired) electrons. The number of piperazine rings is 1. The summed E-state index contributed by atoms with van der Waals surface area (Å²) in [6.45, 7) is 6.17. The Balaban J connectivity index is 2.34. The molecule has 1 fully saturated rings. The molecule has 1 N–H and O–H groups in total. The van der Waals surface area contributed by atoms with Gasteiger partial charge in [0.2, 0.25) is 10.0 Å². The molecule has 1 aliphatic heterocycles. The van der Waals surface area contributed by atoms with Crippen molar-refractivity contribution in [2.45, 2.75) is 25.3 Å². The molecular formula is C12H22N4O3S. The minimum Gasteiger partial charge on any atom is -0.394 e. The van der Waals surface area contributed by atoms with Crippen LogP contribution in [0.2, 0.25) is 0 Å². The van der Waals surface area contributed by atoms with Gasteiger partial charge in [0.25, 0.3) is 0 Å². The van der Waals surface area contributed by atoms with Gasteiger partial charge < -0.3 is 10.0 Å². The van der Waals surface area contributed by atoms with Crippen LogP contribution in [0.25, 0.3) is 0 Å². The summed E-state index contributed by atoms with van der Waals surface area (Å²) in [5.41, 5.74) is 1.09. The van der Waals surface area contributed by atoms with Crippen molar-refractivity contribution in [3.05, 3.63) is 11.4 Å². The summed E-state index contributed by atoms with van der Waals surface area (Å²) in [4.78, 5) is 2.40. The van der Waals surface area contributed by atoms with Crippen LogP contribution in [0.3, 0.4) is 0 Å². The lowest BCUT2D eigenvalue weighted by Crippen LogP contribution is -2.47. The zero-order valence-electron chi connectivity index (χ0n) is 12.2. The van der Waals surface area contributed by atoms with Crippen LogP contribution in [-0.2, 0) is 16.6 Å². The van der Waals surface area contributed by atoms with Crippen LogP contribution >= 0.6 is 0 Å². The van der Waals surface area contributed by atoms with E-state index >= 15 is 0 Å². The van der Waals surface area contributed by atoms with Crippen molar-refractivity contribution in [1.82, 2.24) is 19.0 Å². The molecule has 0 saturated carbocycles. The van der Waals surface area contributed by atoms with Gasteiger partial charge in [-0.2, -0.15) is 9.40 Å². The summed E-state index contributed by atoms with van der Waals surface area (Å²) in [6.07, 6.45) is 0. The highest BCUT2D eigenvalue weighted by Gasteiger charge is 2.32. The lowest BCUT2D eigenvalue weighted by Gasteiger charge is -2.31. The van der Waals surface area contributed by atoms with Gasteiger partial charge in [-0.15, -0.1) is 0 Å². The maximum absolute atomic E-state index is 12.7. The predicted octanol–water partition coefficient (Wildman–Crippen LogP) is -0.572. The number of hydrogen-bond acceptors (Lipinski definition) is 5. The van der Waals surface area contributed by atoms with Crippen LogP contribution in [0.1, 0.15) is 11.4 Å². The molecule has 2 rings (SSSR count). The molecule has 1 aromatic heterocycles. The van der Waals surface area contributed by atoms with E-state index in [1.165, 1.54) is 4.31 Å². The van der Waals surface area contributed by atoms with Crippen LogP contribution in [0.5, 0.6) is 0 Å². The Hall–Kier alpha value is -0.960. The number of hydrogen-bond donors (Lipinski definition) is 1. The van der Waals surface area contributed by atoms with Gasteiger partial charge >= 0.3 is 0 Å². The Bertz CT molecular complexity index is 574. The van der Waals surface area contributed by atoms with Crippen LogP contribution in [-0.4, -0.2) is 72.3 Å². The first-order valence-electron chi connectivity index (χ1n) is 6.71. The van der Waals surface area contributed by atoms with Crippen molar-refractivity contribution in [1.29, 1.82) is 0 Å². The van der Waals surface area contributed by atoms with Crippen molar-refractivity contribution in [2.24, 2.45) is 0 Å². The van der Waals surface area contributed by atoms with Crippen LogP contribution < -0.4 is 0 Å². The SMILES string of the molecule is Cc1nn(CCO)c(C)c1S(=O)(=O)N1CCN(C)CC1. The number of aliphatic hydroxyl groups excluding tert-OH is 1. The zero-order valence-corrected chi connectivity index (χ0v) is 13.0. The number of aliphatic hydroxyl groups is 1. The fourth-order valence-corrected chi connectivity index (χ4v) is 4.32. The smallest absolute Gasteiger partial charge is 0.246 e. The van der Waals surface area contributed by atoms with Gasteiger partial charge in [-0.3, -0.25) is 4.68 Å². The summed E-state index contributed by atoms with van der Waals surface area (Å²) in [7, 11) is -1.52. The first-order valence-corrected chi connectivity index (χ1v) is 8.15. The molecule has 1 aliphatic rings. The number of likely N-dealkylation sites (N-methyl/N-ethyl adjacent to an activating group) is 1. The monoisotopic (exact) mass is 302 g/mol. The normalized spacial score (nSPS) is 18.6. The second-order valence-corrected chi connectivity index (χ2v) is 7.03. The number of rotatable bonds is 4. The molecular weight excluding hydrogens is 280 g/mol. The van der Waals surface area contributed by atoms with Gasteiger partial charge in [0, 0.05) is 26.2 Å². The molecule has 114 valence electrons. The molecule has 0 amide bonds. The maximum atomic E-state index is 12.7. The number of aryl methyl sites for hydroxylation is 1. The summed E-state index contributed by atoms with van der Waals surface area (Å²) >= 11 is 0. The maximum Gasteiger partial charge on any atom is 0.246 e. The van der Waals surface area contributed by atoms with Crippen LogP contribution in [0, 0.1) is 13.8 Å². The molecule has 0 bridgehead atoms. The van der Waals surface area contributed by atoms with Crippen molar-refractivity contribution in [3.8, 4) is 0 Å². The molecule has 0 atom stereocenters. The lowest BCUT2D eigenvalue weighted by molar-refractivity contribution is 0.222. The van der Waals surface area contributed by atoms with E-state index in [9.17, 15) is 8.42 Å². The third-order valence-corrected chi connectivity index (χ3v) is 5.84. The minimum absolute atomic E-state index is 0.0596. The van der Waals surface area contributed by atoms with E-state index in [2.05, 4.69) is 10.00 Å². The third kappa shape index (κ3) is 2.73. The van der Waals surface area contributed by atoms with Crippen molar-refractivity contribution < 1.29 is 13.5 Å². The second-order valence-electron chi connectivity index (χ2n) is 5.15. The van der Waals surface area contributed by atoms with E-state index in [1.54, 1.807) is 18.5 Å². The quantitative estimate of drug-likeness (QED) is 0.806. The molecule has 0 spiro atoms. The zero-order chi connectivity index (χ0) is 14.9. The van der Waals surface area contributed by atoms with Gasteiger partial charge in [-0.05, 0) is 20.9 Å². The Kier molecular flexibility index (Phi) is 4.48. The first-order chi connectivity index (χ1) is 9.37. The minimum atomic E-state index is -3.50. The number of sulfonamides is 1. The highest BCUT2D eigenvalue weighted by Crippen LogP contribution is 2.24. The summed E-state index contributed by atoms with van der Waals surface area (Å²) in [6, 6.07) is 0. The largest absolute Gasteiger partial charge is 0.394 e. The highest BCUT2D eigenvalue weighted by molar-refractivity contribution is 7.89. The molecule has 1 aromatic rings. The van der Waals surface area contributed by atoms with Gasteiger partial charge in [-0.1, -0.05) is 0 Å². The molecule has 1 saturated heterocycles. The van der Waals surface area contributed by atoms with E-state index in [4.69, 9.17) is 5.11 Å². The Labute approximate surface area is 119 Å². The Morgan fingerprint density at radius 1 is 1.20 bits per heavy atom. The second kappa shape index (κ2) is 5.80. The van der Waals surface area contributed by atoms with Gasteiger partial charge in [-0.25, -0.2) is 8.42 Å².